The fourth-order valence-corrected chi connectivity index (χ4v) is 4.39. The predicted molar refractivity (Wildman–Crippen MR) is 157 cm³/mol. The number of aryl methyl sites for hydroxylation is 3. The van der Waals surface area contributed by atoms with E-state index >= 15 is 0 Å². The van der Waals surface area contributed by atoms with E-state index in [9.17, 15) is 0 Å². The molecule has 0 radical (unpaired) electrons. The molecule has 0 aliphatic carbocycles. The van der Waals surface area contributed by atoms with E-state index < -0.39 is 0 Å². The molecule has 2 aromatic rings. The zero-order valence-corrected chi connectivity index (χ0v) is 24.4. The van der Waals surface area contributed by atoms with Gasteiger partial charge in [-0.05, 0) is 100 Å². The summed E-state index contributed by atoms with van der Waals surface area (Å²) in [6.45, 7) is 11.0. The zero-order valence-electron chi connectivity index (χ0n) is 23.4. The number of para-hydroxylation sites is 1. The predicted octanol–water partition coefficient (Wildman–Crippen LogP) is 10.3. The quantitative estimate of drug-likeness (QED) is 0.0891. The summed E-state index contributed by atoms with van der Waals surface area (Å²) in [5, 5.41) is 0. The zero-order chi connectivity index (χ0) is 25.3. The third-order valence-corrected chi connectivity index (χ3v) is 6.58. The van der Waals surface area contributed by atoms with Crippen molar-refractivity contribution >= 4 is 22.8 Å². The molecule has 0 aliphatic heterocycles. The summed E-state index contributed by atoms with van der Waals surface area (Å²) in [5.41, 5.74) is 8.63. The second kappa shape index (κ2) is 19.2. The molecule has 2 rings (SSSR count). The fraction of sp³-hybridized carbons (Fsp3) is 0.515. The van der Waals surface area contributed by atoms with Crippen LogP contribution in [0.15, 0.2) is 64.6 Å². The van der Waals surface area contributed by atoms with Gasteiger partial charge in [0.25, 0.3) is 0 Å². The first-order chi connectivity index (χ1) is 17.1. The maximum Gasteiger partial charge on any atom is 0.0665 e. The number of rotatable bonds is 16. The standard InChI is InChI=1S/C33H48N2.Ni/c1-6-10-14-20-29-21-16-17-23-33(29)35-32(22-15-11-7-2)27(5)34-31-25-24-28(18-12-8-3)30(26-31)19-13-9-4;/h6,10,16-17,21,23-26H,7-9,11-15,18-20,22H2,1-5H3;/b10-6+,34-27+,35-32+;. The topological polar surface area (TPSA) is 24.7 Å². The van der Waals surface area contributed by atoms with Gasteiger partial charge in [-0.15, -0.1) is 0 Å². The van der Waals surface area contributed by atoms with Crippen molar-refractivity contribution in [2.24, 2.45) is 9.98 Å². The summed E-state index contributed by atoms with van der Waals surface area (Å²) >= 11 is 0. The molecule has 0 atom stereocenters. The number of aliphatic imine (C=N–C) groups is 2. The number of nitrogens with zero attached hydrogens (tertiary/aromatic N) is 2. The van der Waals surface area contributed by atoms with Crippen LogP contribution in [0.4, 0.5) is 11.4 Å². The molecule has 0 aromatic heterocycles. The Morgan fingerprint density at radius 2 is 1.44 bits per heavy atom. The maximum absolute atomic E-state index is 5.20. The van der Waals surface area contributed by atoms with Crippen molar-refractivity contribution < 1.29 is 16.5 Å². The smallest absolute Gasteiger partial charge is 0.0665 e. The van der Waals surface area contributed by atoms with Crippen LogP contribution in [0, 0.1) is 0 Å². The first-order valence-electron chi connectivity index (χ1n) is 14.1. The van der Waals surface area contributed by atoms with Crippen molar-refractivity contribution in [1.82, 2.24) is 0 Å². The molecule has 2 nitrogen and oxygen atoms in total. The molecular formula is C33H48N2Ni. The minimum atomic E-state index is 0. The molecule has 0 amide bonds. The van der Waals surface area contributed by atoms with E-state index in [0.717, 1.165) is 54.9 Å². The Morgan fingerprint density at radius 3 is 2.14 bits per heavy atom. The number of benzene rings is 2. The van der Waals surface area contributed by atoms with Gasteiger partial charge >= 0.3 is 0 Å². The Labute approximate surface area is 231 Å². The van der Waals surface area contributed by atoms with Crippen LogP contribution in [0.5, 0.6) is 0 Å². The van der Waals surface area contributed by atoms with Gasteiger partial charge in [0.2, 0.25) is 0 Å². The molecule has 0 saturated heterocycles. The largest absolute Gasteiger partial charge is 0.252 e. The van der Waals surface area contributed by atoms with Crippen LogP contribution in [-0.4, -0.2) is 11.4 Å². The molecule has 3 heteroatoms. The van der Waals surface area contributed by atoms with Crippen LogP contribution < -0.4 is 0 Å². The monoisotopic (exact) mass is 530 g/mol. The van der Waals surface area contributed by atoms with Crippen LogP contribution in [0.1, 0.15) is 109 Å². The number of allylic oxidation sites excluding steroid dienone is 2. The molecule has 0 heterocycles. The van der Waals surface area contributed by atoms with Crippen LogP contribution in [0.25, 0.3) is 0 Å². The van der Waals surface area contributed by atoms with E-state index in [2.05, 4.69) is 89.2 Å². The van der Waals surface area contributed by atoms with Crippen molar-refractivity contribution in [3.05, 3.63) is 71.3 Å². The van der Waals surface area contributed by atoms with Crippen LogP contribution in [0.3, 0.4) is 0 Å². The van der Waals surface area contributed by atoms with Crippen molar-refractivity contribution in [3.8, 4) is 0 Å². The maximum atomic E-state index is 5.20. The van der Waals surface area contributed by atoms with Crippen molar-refractivity contribution in [1.29, 1.82) is 0 Å². The average Bonchev–Trinajstić information content (AvgIpc) is 2.87. The fourth-order valence-electron chi connectivity index (χ4n) is 4.39. The van der Waals surface area contributed by atoms with E-state index in [1.807, 2.05) is 0 Å². The third-order valence-electron chi connectivity index (χ3n) is 6.58. The summed E-state index contributed by atoms with van der Waals surface area (Å²) in [6, 6.07) is 15.5. The van der Waals surface area contributed by atoms with Gasteiger partial charge in [0.15, 0.2) is 0 Å². The SMILES string of the molecule is C/C=C/CCc1ccccc1/N=C(CCCCC)/C(C)=N/c1ccc(CCCC)c(CCCC)c1.[Ni]. The molecule has 0 aliphatic rings. The molecule has 0 bridgehead atoms. The summed E-state index contributed by atoms with van der Waals surface area (Å²) in [6.07, 6.45) is 18.3. The van der Waals surface area contributed by atoms with Gasteiger partial charge in [-0.3, -0.25) is 9.98 Å². The molecular weight excluding hydrogens is 483 g/mol. The minimum Gasteiger partial charge on any atom is -0.252 e. The molecule has 0 spiro atoms. The van der Waals surface area contributed by atoms with E-state index in [-0.39, 0.29) is 16.5 Å². The number of hydrogen-bond acceptors (Lipinski definition) is 2. The van der Waals surface area contributed by atoms with Gasteiger partial charge in [0.1, 0.15) is 0 Å². The summed E-state index contributed by atoms with van der Waals surface area (Å²) in [4.78, 5) is 10.3. The second-order valence-corrected chi connectivity index (χ2v) is 9.61. The molecule has 0 fully saturated rings. The average molecular weight is 531 g/mol. The number of unbranched alkanes of at least 4 members (excludes halogenated alkanes) is 4. The Balaban J connectivity index is 0.00000648. The molecule has 0 saturated carbocycles. The Morgan fingerprint density at radius 1 is 0.750 bits per heavy atom. The van der Waals surface area contributed by atoms with Crippen LogP contribution >= 0.6 is 0 Å². The van der Waals surface area contributed by atoms with Gasteiger partial charge in [-0.25, -0.2) is 0 Å². The van der Waals surface area contributed by atoms with Crippen molar-refractivity contribution in [3.63, 3.8) is 0 Å². The van der Waals surface area contributed by atoms with Gasteiger partial charge in [-0.1, -0.05) is 82.9 Å². The van der Waals surface area contributed by atoms with E-state index in [4.69, 9.17) is 9.98 Å². The van der Waals surface area contributed by atoms with E-state index in [1.165, 1.54) is 61.6 Å². The van der Waals surface area contributed by atoms with Gasteiger partial charge in [0, 0.05) is 16.5 Å². The summed E-state index contributed by atoms with van der Waals surface area (Å²) in [5.74, 6) is 0. The third kappa shape index (κ3) is 11.4. The molecule has 0 N–H and O–H groups in total. The molecule has 200 valence electrons. The molecule has 0 unspecified atom stereocenters. The summed E-state index contributed by atoms with van der Waals surface area (Å²) in [7, 11) is 0. The van der Waals surface area contributed by atoms with Gasteiger partial charge in [-0.2, -0.15) is 0 Å². The summed E-state index contributed by atoms with van der Waals surface area (Å²) < 4.78 is 0. The first kappa shape index (κ1) is 32.0. The normalized spacial score (nSPS) is 12.2. The van der Waals surface area contributed by atoms with E-state index in [0.29, 0.717) is 0 Å². The van der Waals surface area contributed by atoms with Crippen LogP contribution in [0.2, 0.25) is 0 Å². The molecule has 2 aromatic carbocycles. The first-order valence-corrected chi connectivity index (χ1v) is 14.1. The van der Waals surface area contributed by atoms with Crippen LogP contribution in [-0.2, 0) is 35.8 Å². The van der Waals surface area contributed by atoms with Gasteiger partial charge in [0.05, 0.1) is 22.8 Å². The Bertz CT molecular complexity index is 971. The Kier molecular flexibility index (Phi) is 17.1. The van der Waals surface area contributed by atoms with Crippen molar-refractivity contribution in [2.45, 2.75) is 112 Å². The molecule has 36 heavy (non-hydrogen) atoms. The second-order valence-electron chi connectivity index (χ2n) is 9.61. The number of hydrogen-bond donors (Lipinski definition) is 0. The van der Waals surface area contributed by atoms with Gasteiger partial charge < -0.3 is 0 Å². The van der Waals surface area contributed by atoms with Crippen molar-refractivity contribution in [2.75, 3.05) is 0 Å². The Hall–Kier alpha value is -1.99. The minimum absolute atomic E-state index is 0. The van der Waals surface area contributed by atoms with E-state index in [1.54, 1.807) is 0 Å².